The average molecular weight is 421 g/mol. The molecule has 0 fully saturated rings. The van der Waals surface area contributed by atoms with Gasteiger partial charge in [-0.2, -0.15) is 0 Å². The van der Waals surface area contributed by atoms with E-state index < -0.39 is 0 Å². The number of aryl methyl sites for hydroxylation is 3. The Hall–Kier alpha value is -3.15. The van der Waals surface area contributed by atoms with E-state index in [2.05, 4.69) is 16.7 Å². The monoisotopic (exact) mass is 420 g/mol. The van der Waals surface area contributed by atoms with E-state index in [-0.39, 0.29) is 30.4 Å². The van der Waals surface area contributed by atoms with Crippen molar-refractivity contribution < 1.29 is 19.1 Å². The topological polar surface area (TPSA) is 84.5 Å². The second-order valence-corrected chi connectivity index (χ2v) is 8.18. The molecule has 1 aliphatic carbocycles. The maximum Gasteiger partial charge on any atom is 0.224 e. The predicted octanol–water partition coefficient (Wildman–Crippen LogP) is 3.61. The summed E-state index contributed by atoms with van der Waals surface area (Å²) >= 11 is 0. The fourth-order valence-corrected chi connectivity index (χ4v) is 4.18. The zero-order valence-corrected chi connectivity index (χ0v) is 17.7. The van der Waals surface area contributed by atoms with Crippen LogP contribution in [0.15, 0.2) is 36.4 Å². The molecule has 2 N–H and O–H groups in total. The van der Waals surface area contributed by atoms with Gasteiger partial charge < -0.3 is 15.4 Å². The zero-order chi connectivity index (χ0) is 21.6. The smallest absolute Gasteiger partial charge is 0.224 e. The first-order valence-corrected chi connectivity index (χ1v) is 11.1. The van der Waals surface area contributed by atoms with Gasteiger partial charge in [0.15, 0.2) is 5.78 Å². The highest BCUT2D eigenvalue weighted by Crippen LogP contribution is 2.26. The molecule has 0 aromatic heterocycles. The van der Waals surface area contributed by atoms with Crippen molar-refractivity contribution in [2.75, 3.05) is 18.5 Å². The molecular weight excluding hydrogens is 392 g/mol. The number of anilines is 1. The van der Waals surface area contributed by atoms with E-state index in [1.165, 1.54) is 24.0 Å². The number of hydrogen-bond acceptors (Lipinski definition) is 4. The van der Waals surface area contributed by atoms with Crippen molar-refractivity contribution in [3.8, 4) is 5.75 Å². The van der Waals surface area contributed by atoms with E-state index in [9.17, 15) is 14.4 Å². The van der Waals surface area contributed by atoms with Crippen LogP contribution in [0.5, 0.6) is 5.75 Å². The number of benzene rings is 2. The third-order valence-electron chi connectivity index (χ3n) is 5.91. The van der Waals surface area contributed by atoms with Crippen molar-refractivity contribution in [2.45, 2.75) is 51.4 Å². The quantitative estimate of drug-likeness (QED) is 0.505. The Kier molecular flexibility index (Phi) is 6.65. The first-order chi connectivity index (χ1) is 15.1. The summed E-state index contributed by atoms with van der Waals surface area (Å²) in [5.41, 5.74) is 5.23. The summed E-state index contributed by atoms with van der Waals surface area (Å²) in [6.07, 6.45) is 6.10. The fourth-order valence-electron chi connectivity index (χ4n) is 4.18. The lowest BCUT2D eigenvalue weighted by atomic mass is 9.89. The molecule has 2 aromatic carbocycles. The lowest BCUT2D eigenvalue weighted by molar-refractivity contribution is -0.121. The van der Waals surface area contributed by atoms with Crippen molar-refractivity contribution in [2.24, 2.45) is 0 Å². The van der Waals surface area contributed by atoms with Crippen LogP contribution in [0.1, 0.15) is 59.2 Å². The summed E-state index contributed by atoms with van der Waals surface area (Å²) in [6, 6.07) is 11.5. The Morgan fingerprint density at radius 1 is 0.903 bits per heavy atom. The highest BCUT2D eigenvalue weighted by Gasteiger charge is 2.16. The van der Waals surface area contributed by atoms with Crippen molar-refractivity contribution in [1.29, 1.82) is 0 Å². The number of rotatable bonds is 8. The van der Waals surface area contributed by atoms with Crippen LogP contribution >= 0.6 is 0 Å². The molecule has 1 heterocycles. The van der Waals surface area contributed by atoms with Crippen LogP contribution in [0, 0.1) is 0 Å². The minimum Gasteiger partial charge on any atom is -0.492 e. The minimum atomic E-state index is -0.150. The summed E-state index contributed by atoms with van der Waals surface area (Å²) < 4.78 is 5.70. The molecule has 0 unspecified atom stereocenters. The normalized spacial score (nSPS) is 14.8. The third kappa shape index (κ3) is 5.51. The number of fused-ring (bicyclic) bond motifs is 2. The summed E-state index contributed by atoms with van der Waals surface area (Å²) in [7, 11) is 0. The van der Waals surface area contributed by atoms with Crippen LogP contribution in [-0.4, -0.2) is 30.7 Å². The van der Waals surface area contributed by atoms with Crippen molar-refractivity contribution in [3.05, 3.63) is 58.7 Å². The maximum absolute atomic E-state index is 12.5. The molecule has 0 bridgehead atoms. The Bertz CT molecular complexity index is 999. The van der Waals surface area contributed by atoms with E-state index in [0.29, 0.717) is 37.3 Å². The largest absolute Gasteiger partial charge is 0.492 e. The molecule has 0 saturated carbocycles. The molecule has 2 aromatic rings. The molecule has 0 spiro atoms. The van der Waals surface area contributed by atoms with Crippen molar-refractivity contribution in [3.63, 3.8) is 0 Å². The number of amides is 2. The highest BCUT2D eigenvalue weighted by atomic mass is 16.5. The molecule has 0 saturated heterocycles. The van der Waals surface area contributed by atoms with Gasteiger partial charge in [0.05, 0.1) is 6.54 Å². The van der Waals surface area contributed by atoms with Crippen molar-refractivity contribution >= 4 is 23.3 Å². The Morgan fingerprint density at radius 2 is 1.74 bits per heavy atom. The van der Waals surface area contributed by atoms with Gasteiger partial charge in [-0.1, -0.05) is 12.1 Å². The first-order valence-electron chi connectivity index (χ1n) is 11.1. The molecule has 4 rings (SSSR count). The van der Waals surface area contributed by atoms with Gasteiger partial charge in [0, 0.05) is 30.5 Å². The zero-order valence-electron chi connectivity index (χ0n) is 17.7. The van der Waals surface area contributed by atoms with Crippen molar-refractivity contribution in [1.82, 2.24) is 5.32 Å². The maximum atomic E-state index is 12.5. The summed E-state index contributed by atoms with van der Waals surface area (Å²) in [5, 5.41) is 5.64. The molecule has 162 valence electrons. The van der Waals surface area contributed by atoms with E-state index in [4.69, 9.17) is 4.74 Å². The van der Waals surface area contributed by atoms with E-state index in [0.717, 1.165) is 24.1 Å². The van der Waals surface area contributed by atoms with Crippen LogP contribution in [0.25, 0.3) is 0 Å². The molecule has 0 atom stereocenters. The number of hydrogen-bond donors (Lipinski definition) is 2. The van der Waals surface area contributed by atoms with Gasteiger partial charge in [0.1, 0.15) is 12.4 Å². The molecule has 2 aliphatic rings. The fraction of sp³-hybridized carbons (Fsp3) is 0.400. The molecule has 6 heteroatoms. The number of ketones is 1. The third-order valence-corrected chi connectivity index (χ3v) is 5.91. The Labute approximate surface area is 182 Å². The van der Waals surface area contributed by atoms with Gasteiger partial charge in [-0.25, -0.2) is 0 Å². The van der Waals surface area contributed by atoms with Gasteiger partial charge in [-0.15, -0.1) is 0 Å². The average Bonchev–Trinajstić information content (AvgIpc) is 2.80. The standard InChI is InChI=1S/C25H28N2O4/c28-23(20-6-5-17-3-1-2-4-18(17)15-20)10-12-24(29)26-13-14-31-21-8-9-22-19(16-21)7-11-25(30)27-22/h5-6,8-9,15-16H,1-4,7,10-14H2,(H,26,29)(H,27,30). The number of Topliss-reactive ketones (excluding diaryl/α,β-unsaturated/α-hetero) is 1. The van der Waals surface area contributed by atoms with Gasteiger partial charge >= 0.3 is 0 Å². The van der Waals surface area contributed by atoms with Gasteiger partial charge in [0.2, 0.25) is 11.8 Å². The molecule has 1 aliphatic heterocycles. The number of ether oxygens (including phenoxy) is 1. The Morgan fingerprint density at radius 3 is 2.61 bits per heavy atom. The molecule has 0 radical (unpaired) electrons. The minimum absolute atomic E-state index is 0.0147. The van der Waals surface area contributed by atoms with E-state index in [1.807, 2.05) is 30.3 Å². The first kappa shape index (κ1) is 21.1. The lowest BCUT2D eigenvalue weighted by Gasteiger charge is -2.17. The van der Waals surface area contributed by atoms with Gasteiger partial charge in [0.25, 0.3) is 0 Å². The van der Waals surface area contributed by atoms with E-state index >= 15 is 0 Å². The Balaban J connectivity index is 1.17. The lowest BCUT2D eigenvalue weighted by Crippen LogP contribution is -2.28. The number of carbonyl (C=O) groups excluding carboxylic acids is 3. The molecule has 6 nitrogen and oxygen atoms in total. The van der Waals surface area contributed by atoms with Crippen LogP contribution in [-0.2, 0) is 28.9 Å². The summed E-state index contributed by atoms with van der Waals surface area (Å²) in [5.74, 6) is 0.615. The molecule has 2 amide bonds. The highest BCUT2D eigenvalue weighted by molar-refractivity contribution is 5.98. The van der Waals surface area contributed by atoms with Crippen LogP contribution < -0.4 is 15.4 Å². The van der Waals surface area contributed by atoms with Crippen LogP contribution in [0.3, 0.4) is 0 Å². The van der Waals surface area contributed by atoms with Gasteiger partial charge in [-0.3, -0.25) is 14.4 Å². The van der Waals surface area contributed by atoms with Gasteiger partial charge in [-0.05, 0) is 73.1 Å². The molecular formula is C25H28N2O4. The molecule has 31 heavy (non-hydrogen) atoms. The second-order valence-electron chi connectivity index (χ2n) is 8.18. The summed E-state index contributed by atoms with van der Waals surface area (Å²) in [4.78, 5) is 36.0. The number of carbonyl (C=O) groups is 3. The predicted molar refractivity (Wildman–Crippen MR) is 119 cm³/mol. The number of nitrogens with one attached hydrogen (secondary N) is 2. The van der Waals surface area contributed by atoms with Crippen LogP contribution in [0.2, 0.25) is 0 Å². The van der Waals surface area contributed by atoms with Crippen LogP contribution in [0.4, 0.5) is 5.69 Å². The SMILES string of the molecule is O=C(CCC(=O)c1ccc2c(c1)CCCC2)NCCOc1ccc2c(c1)CCC(=O)N2. The summed E-state index contributed by atoms with van der Waals surface area (Å²) in [6.45, 7) is 0.718. The van der Waals surface area contributed by atoms with E-state index in [1.54, 1.807) is 0 Å². The second kappa shape index (κ2) is 9.77.